The van der Waals surface area contributed by atoms with Crippen LogP contribution in [0, 0.1) is 12.8 Å². The van der Waals surface area contributed by atoms with Crippen LogP contribution in [0.1, 0.15) is 50.7 Å². The summed E-state index contributed by atoms with van der Waals surface area (Å²) in [5, 5.41) is 0. The molecule has 0 aliphatic carbocycles. The minimum absolute atomic E-state index is 0.799. The van der Waals surface area contributed by atoms with Gasteiger partial charge in [-0.3, -0.25) is 4.90 Å². The first-order valence-electron chi connectivity index (χ1n) is 10.2. The minimum atomic E-state index is 0.799. The fourth-order valence-corrected chi connectivity index (χ4v) is 3.36. The molecule has 0 atom stereocenters. The highest BCUT2D eigenvalue weighted by molar-refractivity contribution is 5.21. The Balaban J connectivity index is 1.47. The van der Waals surface area contributed by atoms with Gasteiger partial charge in [-0.25, -0.2) is 0 Å². The van der Waals surface area contributed by atoms with Gasteiger partial charge in [-0.2, -0.15) is 0 Å². The molecule has 1 aliphatic heterocycles. The molecule has 0 bridgehead atoms. The molecule has 142 valence electrons. The molecule has 0 unspecified atom stereocenters. The third-order valence-corrected chi connectivity index (χ3v) is 5.07. The van der Waals surface area contributed by atoms with Crippen LogP contribution in [0.15, 0.2) is 24.3 Å². The zero-order valence-electron chi connectivity index (χ0n) is 16.7. The lowest BCUT2D eigenvalue weighted by molar-refractivity contribution is 0.107. The minimum Gasteiger partial charge on any atom is -0.381 e. The predicted octanol–water partition coefficient (Wildman–Crippen LogP) is 4.35. The second-order valence-corrected chi connectivity index (χ2v) is 7.96. The number of unbranched alkanes of at least 4 members (excludes halogenated alkanes) is 1. The van der Waals surface area contributed by atoms with Crippen molar-refractivity contribution in [1.29, 1.82) is 0 Å². The molecule has 1 saturated heterocycles. The summed E-state index contributed by atoms with van der Waals surface area (Å²) in [4.78, 5) is 5.20. The van der Waals surface area contributed by atoms with Gasteiger partial charge in [0.2, 0.25) is 0 Å². The number of rotatable bonds is 11. The molecule has 0 radical (unpaired) electrons. The van der Waals surface area contributed by atoms with Crippen LogP contribution >= 0.6 is 0 Å². The molecule has 0 saturated carbocycles. The second kappa shape index (κ2) is 11.7. The number of benzene rings is 1. The third-order valence-electron chi connectivity index (χ3n) is 5.07. The first kappa shape index (κ1) is 20.4. The van der Waals surface area contributed by atoms with E-state index in [0.29, 0.717) is 0 Å². The fourth-order valence-electron chi connectivity index (χ4n) is 3.36. The molecule has 0 aromatic heterocycles. The molecule has 25 heavy (non-hydrogen) atoms. The molecular formula is C22H38N2O. The Bertz CT molecular complexity index is 450. The SMILES string of the molecule is Cc1ccc(CN2CCN(CCCCOCCCC(C)C)CC2)cc1. The molecule has 1 aromatic rings. The Morgan fingerprint density at radius 2 is 1.52 bits per heavy atom. The lowest BCUT2D eigenvalue weighted by Crippen LogP contribution is -2.46. The average molecular weight is 347 g/mol. The van der Waals surface area contributed by atoms with Gasteiger partial charge in [0.15, 0.2) is 0 Å². The molecule has 2 rings (SSSR count). The van der Waals surface area contributed by atoms with Gasteiger partial charge < -0.3 is 9.64 Å². The molecular weight excluding hydrogens is 308 g/mol. The summed E-state index contributed by atoms with van der Waals surface area (Å²) in [6.45, 7) is 15.7. The molecule has 0 amide bonds. The van der Waals surface area contributed by atoms with Crippen molar-refractivity contribution in [2.24, 2.45) is 5.92 Å². The van der Waals surface area contributed by atoms with E-state index in [-0.39, 0.29) is 0 Å². The van der Waals surface area contributed by atoms with Crippen molar-refractivity contribution in [2.75, 3.05) is 45.9 Å². The van der Waals surface area contributed by atoms with Crippen LogP contribution in [0.2, 0.25) is 0 Å². The first-order valence-corrected chi connectivity index (χ1v) is 10.2. The van der Waals surface area contributed by atoms with Crippen molar-refractivity contribution < 1.29 is 4.74 Å². The third kappa shape index (κ3) is 8.84. The van der Waals surface area contributed by atoms with Gasteiger partial charge in [-0.15, -0.1) is 0 Å². The summed E-state index contributed by atoms with van der Waals surface area (Å²) in [5.41, 5.74) is 2.78. The Morgan fingerprint density at radius 3 is 2.20 bits per heavy atom. The molecule has 0 spiro atoms. The molecule has 1 heterocycles. The largest absolute Gasteiger partial charge is 0.381 e. The molecule has 3 heteroatoms. The van der Waals surface area contributed by atoms with E-state index in [1.54, 1.807) is 0 Å². The monoisotopic (exact) mass is 346 g/mol. The fraction of sp³-hybridized carbons (Fsp3) is 0.727. The Labute approximate surface area is 155 Å². The Morgan fingerprint density at radius 1 is 0.880 bits per heavy atom. The van der Waals surface area contributed by atoms with E-state index in [2.05, 4.69) is 54.8 Å². The van der Waals surface area contributed by atoms with Crippen LogP contribution in [-0.2, 0) is 11.3 Å². The van der Waals surface area contributed by atoms with Gasteiger partial charge in [-0.1, -0.05) is 43.7 Å². The summed E-state index contributed by atoms with van der Waals surface area (Å²) in [6.07, 6.45) is 4.96. The molecule has 1 aliphatic rings. The molecule has 1 aromatic carbocycles. The van der Waals surface area contributed by atoms with Crippen molar-refractivity contribution in [2.45, 2.75) is 53.0 Å². The number of aryl methyl sites for hydroxylation is 1. The normalized spacial score (nSPS) is 16.6. The second-order valence-electron chi connectivity index (χ2n) is 7.96. The zero-order chi connectivity index (χ0) is 17.9. The van der Waals surface area contributed by atoms with E-state index >= 15 is 0 Å². The smallest absolute Gasteiger partial charge is 0.0466 e. The summed E-state index contributed by atoms with van der Waals surface area (Å²) in [7, 11) is 0. The lowest BCUT2D eigenvalue weighted by Gasteiger charge is -2.34. The standard InChI is InChI=1S/C22H38N2O/c1-20(2)7-6-18-25-17-5-4-12-23-13-15-24(16-14-23)19-22-10-8-21(3)9-11-22/h8-11,20H,4-7,12-19H2,1-3H3. The van der Waals surface area contributed by atoms with E-state index in [9.17, 15) is 0 Å². The summed E-state index contributed by atoms with van der Waals surface area (Å²) in [6, 6.07) is 8.97. The topological polar surface area (TPSA) is 15.7 Å². The highest BCUT2D eigenvalue weighted by Crippen LogP contribution is 2.10. The predicted molar refractivity (Wildman–Crippen MR) is 107 cm³/mol. The van der Waals surface area contributed by atoms with Gasteiger partial charge in [0, 0.05) is 45.9 Å². The number of piperazine rings is 1. The van der Waals surface area contributed by atoms with Gasteiger partial charge in [0.1, 0.15) is 0 Å². The van der Waals surface area contributed by atoms with E-state index in [1.807, 2.05) is 0 Å². The van der Waals surface area contributed by atoms with Crippen molar-refractivity contribution in [3.8, 4) is 0 Å². The number of nitrogens with zero attached hydrogens (tertiary/aromatic N) is 2. The van der Waals surface area contributed by atoms with Crippen molar-refractivity contribution in [3.05, 3.63) is 35.4 Å². The number of hydrogen-bond acceptors (Lipinski definition) is 3. The maximum atomic E-state index is 5.74. The van der Waals surface area contributed by atoms with Gasteiger partial charge in [0.05, 0.1) is 0 Å². The van der Waals surface area contributed by atoms with Gasteiger partial charge in [-0.05, 0) is 50.6 Å². The van der Waals surface area contributed by atoms with Crippen molar-refractivity contribution >= 4 is 0 Å². The van der Waals surface area contributed by atoms with E-state index in [1.165, 1.54) is 69.5 Å². The van der Waals surface area contributed by atoms with Crippen LogP contribution in [-0.4, -0.2) is 55.7 Å². The maximum Gasteiger partial charge on any atom is 0.0466 e. The zero-order valence-corrected chi connectivity index (χ0v) is 16.7. The van der Waals surface area contributed by atoms with Gasteiger partial charge >= 0.3 is 0 Å². The highest BCUT2D eigenvalue weighted by Gasteiger charge is 2.16. The van der Waals surface area contributed by atoms with Crippen molar-refractivity contribution in [3.63, 3.8) is 0 Å². The highest BCUT2D eigenvalue weighted by atomic mass is 16.5. The molecule has 1 fully saturated rings. The van der Waals surface area contributed by atoms with Crippen molar-refractivity contribution in [1.82, 2.24) is 9.80 Å². The summed E-state index contributed by atoms with van der Waals surface area (Å²) >= 11 is 0. The Kier molecular flexibility index (Phi) is 9.52. The quantitative estimate of drug-likeness (QED) is 0.554. The number of ether oxygens (including phenoxy) is 1. The summed E-state index contributed by atoms with van der Waals surface area (Å²) in [5.74, 6) is 0.799. The van der Waals surface area contributed by atoms with Crippen LogP contribution in [0.4, 0.5) is 0 Å². The molecule has 0 N–H and O–H groups in total. The lowest BCUT2D eigenvalue weighted by atomic mass is 10.1. The van der Waals surface area contributed by atoms with E-state index < -0.39 is 0 Å². The van der Waals surface area contributed by atoms with Crippen LogP contribution < -0.4 is 0 Å². The number of hydrogen-bond donors (Lipinski definition) is 0. The summed E-state index contributed by atoms with van der Waals surface area (Å²) < 4.78 is 5.74. The maximum absolute atomic E-state index is 5.74. The average Bonchev–Trinajstić information content (AvgIpc) is 2.60. The van der Waals surface area contributed by atoms with Crippen LogP contribution in [0.5, 0.6) is 0 Å². The van der Waals surface area contributed by atoms with Gasteiger partial charge in [0.25, 0.3) is 0 Å². The first-order chi connectivity index (χ1) is 12.1. The van der Waals surface area contributed by atoms with E-state index in [4.69, 9.17) is 4.74 Å². The molecule has 3 nitrogen and oxygen atoms in total. The Hall–Kier alpha value is -0.900. The van der Waals surface area contributed by atoms with E-state index in [0.717, 1.165) is 25.7 Å². The van der Waals surface area contributed by atoms with Crippen LogP contribution in [0.25, 0.3) is 0 Å². The van der Waals surface area contributed by atoms with Crippen LogP contribution in [0.3, 0.4) is 0 Å².